The second-order valence-corrected chi connectivity index (χ2v) is 3.30. The Balaban J connectivity index is 2.44. The zero-order valence-electron chi connectivity index (χ0n) is 7.31. The van der Waals surface area contributed by atoms with Crippen LogP contribution in [-0.2, 0) is 0 Å². The lowest BCUT2D eigenvalue weighted by atomic mass is 10.1. The largest absolute Gasteiger partial charge is 0.384 e. The predicted octanol–water partition coefficient (Wildman–Crippen LogP) is 2.38. The van der Waals surface area contributed by atoms with Crippen LogP contribution in [-0.4, -0.2) is 9.97 Å². The number of pyridine rings is 2. The number of nitrogens with zero attached hydrogens (tertiary/aromatic N) is 2. The minimum Gasteiger partial charge on any atom is -0.384 e. The second-order valence-electron chi connectivity index (χ2n) is 2.86. The summed E-state index contributed by atoms with van der Waals surface area (Å²) in [5, 5.41) is 0.610. The van der Waals surface area contributed by atoms with Gasteiger partial charge in [-0.1, -0.05) is 11.6 Å². The van der Waals surface area contributed by atoms with E-state index < -0.39 is 0 Å². The maximum atomic E-state index is 5.82. The Bertz CT molecular complexity index is 439. The Kier molecular flexibility index (Phi) is 2.33. The van der Waals surface area contributed by atoms with Crippen molar-refractivity contribution in [2.75, 3.05) is 5.73 Å². The summed E-state index contributed by atoms with van der Waals surface area (Å²) in [6.45, 7) is 0. The topological polar surface area (TPSA) is 51.8 Å². The normalized spacial score (nSPS) is 10.1. The third-order valence-electron chi connectivity index (χ3n) is 1.82. The fourth-order valence-electron chi connectivity index (χ4n) is 1.15. The molecule has 0 amide bonds. The van der Waals surface area contributed by atoms with Crippen LogP contribution in [0.15, 0.2) is 36.8 Å². The molecular formula is C10H8ClN3. The molecule has 0 radical (unpaired) electrons. The highest BCUT2D eigenvalue weighted by molar-refractivity contribution is 6.30. The average Bonchev–Trinajstić information content (AvgIpc) is 2.19. The lowest BCUT2D eigenvalue weighted by molar-refractivity contribution is 1.30. The van der Waals surface area contributed by atoms with Crippen LogP contribution in [0.4, 0.5) is 5.82 Å². The summed E-state index contributed by atoms with van der Waals surface area (Å²) in [5.74, 6) is 0.503. The number of nitrogens with two attached hydrogens (primary N) is 1. The van der Waals surface area contributed by atoms with E-state index in [1.54, 1.807) is 24.7 Å². The van der Waals surface area contributed by atoms with Crippen molar-refractivity contribution in [3.05, 3.63) is 41.8 Å². The van der Waals surface area contributed by atoms with Crippen LogP contribution < -0.4 is 5.73 Å². The van der Waals surface area contributed by atoms with Crippen LogP contribution in [0.1, 0.15) is 0 Å². The predicted molar refractivity (Wildman–Crippen MR) is 56.9 cm³/mol. The van der Waals surface area contributed by atoms with Gasteiger partial charge in [-0.05, 0) is 18.2 Å². The maximum Gasteiger partial charge on any atom is 0.123 e. The summed E-state index contributed by atoms with van der Waals surface area (Å²) in [6, 6.07) is 5.47. The van der Waals surface area contributed by atoms with E-state index in [1.165, 1.54) is 0 Å². The SMILES string of the molecule is Nc1ccc(-c2cncc(Cl)c2)cn1. The molecule has 2 N–H and O–H groups in total. The Hall–Kier alpha value is -1.61. The van der Waals surface area contributed by atoms with Crippen molar-refractivity contribution in [3.63, 3.8) is 0 Å². The minimum atomic E-state index is 0.503. The van der Waals surface area contributed by atoms with Crippen LogP contribution in [0.5, 0.6) is 0 Å². The van der Waals surface area contributed by atoms with Gasteiger partial charge in [0.15, 0.2) is 0 Å². The summed E-state index contributed by atoms with van der Waals surface area (Å²) in [4.78, 5) is 7.98. The zero-order valence-corrected chi connectivity index (χ0v) is 8.07. The van der Waals surface area contributed by atoms with Gasteiger partial charge in [-0.2, -0.15) is 0 Å². The van der Waals surface area contributed by atoms with E-state index in [0.717, 1.165) is 11.1 Å². The van der Waals surface area contributed by atoms with Crippen molar-refractivity contribution in [1.29, 1.82) is 0 Å². The van der Waals surface area contributed by atoms with Gasteiger partial charge in [0.25, 0.3) is 0 Å². The van der Waals surface area contributed by atoms with Gasteiger partial charge < -0.3 is 5.73 Å². The zero-order chi connectivity index (χ0) is 9.97. The number of anilines is 1. The number of aromatic nitrogens is 2. The highest BCUT2D eigenvalue weighted by atomic mass is 35.5. The Morgan fingerprint density at radius 2 is 1.93 bits per heavy atom. The molecule has 0 aliphatic carbocycles. The fourth-order valence-corrected chi connectivity index (χ4v) is 1.32. The van der Waals surface area contributed by atoms with Crippen molar-refractivity contribution in [1.82, 2.24) is 9.97 Å². The molecule has 4 heteroatoms. The van der Waals surface area contributed by atoms with E-state index in [9.17, 15) is 0 Å². The van der Waals surface area contributed by atoms with Gasteiger partial charge in [-0.25, -0.2) is 4.98 Å². The molecule has 0 saturated heterocycles. The number of halogens is 1. The maximum absolute atomic E-state index is 5.82. The molecule has 70 valence electrons. The minimum absolute atomic E-state index is 0.503. The fraction of sp³-hybridized carbons (Fsp3) is 0. The lowest BCUT2D eigenvalue weighted by Gasteiger charge is -2.00. The first-order valence-electron chi connectivity index (χ1n) is 4.08. The average molecular weight is 206 g/mol. The van der Waals surface area contributed by atoms with Crippen molar-refractivity contribution in [2.45, 2.75) is 0 Å². The standard InChI is InChI=1S/C10H8ClN3/c11-9-3-8(4-13-6-9)7-1-2-10(12)14-5-7/h1-6H,(H2,12,14). The molecular weight excluding hydrogens is 198 g/mol. The van der Waals surface area contributed by atoms with Gasteiger partial charge >= 0.3 is 0 Å². The molecule has 0 aliphatic heterocycles. The van der Waals surface area contributed by atoms with Gasteiger partial charge in [0.1, 0.15) is 5.82 Å². The van der Waals surface area contributed by atoms with Crippen LogP contribution in [0.25, 0.3) is 11.1 Å². The number of hydrogen-bond donors (Lipinski definition) is 1. The molecule has 2 heterocycles. The van der Waals surface area contributed by atoms with Gasteiger partial charge in [-0.3, -0.25) is 4.98 Å². The Morgan fingerprint density at radius 1 is 1.07 bits per heavy atom. The third-order valence-corrected chi connectivity index (χ3v) is 2.03. The number of hydrogen-bond acceptors (Lipinski definition) is 3. The highest BCUT2D eigenvalue weighted by Crippen LogP contribution is 2.20. The summed E-state index contributed by atoms with van der Waals surface area (Å²) in [7, 11) is 0. The summed E-state index contributed by atoms with van der Waals surface area (Å²) in [6.07, 6.45) is 5.03. The van der Waals surface area contributed by atoms with Crippen molar-refractivity contribution >= 4 is 17.4 Å². The van der Waals surface area contributed by atoms with E-state index in [1.807, 2.05) is 12.1 Å². The quantitative estimate of drug-likeness (QED) is 0.778. The van der Waals surface area contributed by atoms with Gasteiger partial charge in [0.05, 0.1) is 5.02 Å². The molecule has 14 heavy (non-hydrogen) atoms. The smallest absolute Gasteiger partial charge is 0.123 e. The highest BCUT2D eigenvalue weighted by Gasteiger charge is 1.98. The van der Waals surface area contributed by atoms with Crippen LogP contribution in [0, 0.1) is 0 Å². The summed E-state index contributed by atoms with van der Waals surface area (Å²) < 4.78 is 0. The van der Waals surface area contributed by atoms with Gasteiger partial charge in [0, 0.05) is 29.7 Å². The van der Waals surface area contributed by atoms with Crippen LogP contribution >= 0.6 is 11.6 Å². The molecule has 2 rings (SSSR count). The van der Waals surface area contributed by atoms with Gasteiger partial charge in [-0.15, -0.1) is 0 Å². The summed E-state index contributed by atoms with van der Waals surface area (Å²) >= 11 is 5.82. The molecule has 0 aromatic carbocycles. The molecule has 0 atom stereocenters. The molecule has 0 bridgehead atoms. The lowest BCUT2D eigenvalue weighted by Crippen LogP contribution is -1.89. The molecule has 0 fully saturated rings. The number of rotatable bonds is 1. The van der Waals surface area contributed by atoms with E-state index in [0.29, 0.717) is 10.8 Å². The molecule has 0 saturated carbocycles. The Morgan fingerprint density at radius 3 is 2.57 bits per heavy atom. The van der Waals surface area contributed by atoms with Crippen molar-refractivity contribution < 1.29 is 0 Å². The van der Waals surface area contributed by atoms with Crippen LogP contribution in [0.2, 0.25) is 5.02 Å². The number of nitrogen functional groups attached to an aromatic ring is 1. The molecule has 0 unspecified atom stereocenters. The second kappa shape index (κ2) is 3.64. The van der Waals surface area contributed by atoms with Crippen molar-refractivity contribution in [3.8, 4) is 11.1 Å². The van der Waals surface area contributed by atoms with Crippen LogP contribution in [0.3, 0.4) is 0 Å². The van der Waals surface area contributed by atoms with E-state index >= 15 is 0 Å². The third kappa shape index (κ3) is 1.83. The first-order valence-corrected chi connectivity index (χ1v) is 4.46. The van der Waals surface area contributed by atoms with E-state index in [-0.39, 0.29) is 0 Å². The molecule has 0 aliphatic rings. The Labute approximate surface area is 86.6 Å². The monoisotopic (exact) mass is 205 g/mol. The first kappa shape index (κ1) is 8.97. The molecule has 0 spiro atoms. The van der Waals surface area contributed by atoms with E-state index in [2.05, 4.69) is 9.97 Å². The molecule has 3 nitrogen and oxygen atoms in total. The van der Waals surface area contributed by atoms with E-state index in [4.69, 9.17) is 17.3 Å². The summed E-state index contributed by atoms with van der Waals surface area (Å²) in [5.41, 5.74) is 7.37. The molecule has 2 aromatic heterocycles. The first-order chi connectivity index (χ1) is 6.75. The van der Waals surface area contributed by atoms with Gasteiger partial charge in [0.2, 0.25) is 0 Å². The van der Waals surface area contributed by atoms with Crippen molar-refractivity contribution in [2.24, 2.45) is 0 Å². The molecule has 2 aromatic rings.